The summed E-state index contributed by atoms with van der Waals surface area (Å²) in [4.78, 5) is 34.0. The first-order valence-corrected chi connectivity index (χ1v) is 8.94. The molecule has 8 heteroatoms. The predicted molar refractivity (Wildman–Crippen MR) is 86.4 cm³/mol. The maximum atomic E-state index is 13.0. The van der Waals surface area contributed by atoms with E-state index in [9.17, 15) is 23.2 Å². The number of esters is 2. The van der Waals surface area contributed by atoms with Crippen LogP contribution in [-0.2, 0) is 23.9 Å². The second-order valence-electron chi connectivity index (χ2n) is 8.04. The van der Waals surface area contributed by atoms with Crippen LogP contribution in [-0.4, -0.2) is 41.6 Å². The zero-order valence-electron chi connectivity index (χ0n) is 15.3. The van der Waals surface area contributed by atoms with E-state index in [0.717, 1.165) is 6.42 Å². The number of carbonyl (C=O) groups is 3. The number of carbonyl (C=O) groups excluding carboxylic acids is 2. The number of carboxylic acid groups (broad SMARTS) is 1. The van der Waals surface area contributed by atoms with Crippen molar-refractivity contribution >= 4 is 17.9 Å². The highest BCUT2D eigenvalue weighted by molar-refractivity contribution is 5.82. The van der Waals surface area contributed by atoms with Crippen LogP contribution in [0.1, 0.15) is 52.9 Å². The molecule has 4 unspecified atom stereocenters. The van der Waals surface area contributed by atoms with Gasteiger partial charge in [0.1, 0.15) is 12.5 Å². The van der Waals surface area contributed by atoms with Crippen LogP contribution in [0.5, 0.6) is 0 Å². The minimum atomic E-state index is -4.11. The Balaban J connectivity index is 1.78. The quantitative estimate of drug-likeness (QED) is 0.655. The lowest BCUT2D eigenvalue weighted by Crippen LogP contribution is -2.35. The Morgan fingerprint density at radius 3 is 2.27 bits per heavy atom. The molecule has 0 aromatic rings. The number of rotatable bonds is 8. The van der Waals surface area contributed by atoms with Crippen molar-refractivity contribution in [1.82, 2.24) is 0 Å². The van der Waals surface area contributed by atoms with Gasteiger partial charge in [0, 0.05) is 0 Å². The zero-order chi connectivity index (χ0) is 19.7. The summed E-state index contributed by atoms with van der Waals surface area (Å²) in [5.74, 6) is -7.43. The van der Waals surface area contributed by atoms with E-state index >= 15 is 0 Å². The van der Waals surface area contributed by atoms with E-state index < -0.39 is 29.7 Å². The Morgan fingerprint density at radius 2 is 1.77 bits per heavy atom. The van der Waals surface area contributed by atoms with Gasteiger partial charge in [-0.25, -0.2) is 4.79 Å². The molecule has 2 bridgehead atoms. The molecule has 0 aliphatic heterocycles. The summed E-state index contributed by atoms with van der Waals surface area (Å²) in [5.41, 5.74) is -0.522. The van der Waals surface area contributed by atoms with Crippen LogP contribution in [0.15, 0.2) is 0 Å². The first-order valence-electron chi connectivity index (χ1n) is 8.94. The lowest BCUT2D eigenvalue weighted by molar-refractivity contribution is -0.174. The summed E-state index contributed by atoms with van der Waals surface area (Å²) >= 11 is 0. The van der Waals surface area contributed by atoms with E-state index in [1.807, 2.05) is 20.8 Å². The Kier molecular flexibility index (Phi) is 5.92. The molecule has 2 saturated carbocycles. The molecule has 4 atom stereocenters. The summed E-state index contributed by atoms with van der Waals surface area (Å²) < 4.78 is 36.5. The number of alkyl halides is 2. The molecule has 2 fully saturated rings. The molecule has 0 heterocycles. The minimum Gasteiger partial charge on any atom is -0.477 e. The molecule has 6 nitrogen and oxygen atoms in total. The zero-order valence-corrected chi connectivity index (χ0v) is 15.3. The third-order valence-electron chi connectivity index (χ3n) is 5.77. The third-order valence-corrected chi connectivity index (χ3v) is 5.77. The van der Waals surface area contributed by atoms with Crippen LogP contribution in [0.4, 0.5) is 8.78 Å². The third kappa shape index (κ3) is 4.51. The van der Waals surface area contributed by atoms with Gasteiger partial charge >= 0.3 is 23.8 Å². The number of halogens is 2. The van der Waals surface area contributed by atoms with Gasteiger partial charge in [0.25, 0.3) is 0 Å². The maximum absolute atomic E-state index is 13.0. The monoisotopic (exact) mass is 376 g/mol. The van der Waals surface area contributed by atoms with Gasteiger partial charge in [-0.2, -0.15) is 8.78 Å². The van der Waals surface area contributed by atoms with Gasteiger partial charge < -0.3 is 14.6 Å². The van der Waals surface area contributed by atoms with Crippen molar-refractivity contribution in [3.8, 4) is 0 Å². The summed E-state index contributed by atoms with van der Waals surface area (Å²) in [6.07, 6.45) is 1.34. The first-order chi connectivity index (χ1) is 12.0. The van der Waals surface area contributed by atoms with Crippen molar-refractivity contribution in [2.24, 2.45) is 23.2 Å². The van der Waals surface area contributed by atoms with Crippen molar-refractivity contribution in [1.29, 1.82) is 0 Å². The average Bonchev–Trinajstić information content (AvgIpc) is 3.12. The van der Waals surface area contributed by atoms with E-state index in [1.54, 1.807) is 0 Å². The number of ether oxygens (including phenoxy) is 2. The fraction of sp³-hybridized carbons (Fsp3) is 0.833. The molecule has 1 N–H and O–H groups in total. The predicted octanol–water partition coefficient (Wildman–Crippen LogP) is 3.03. The van der Waals surface area contributed by atoms with Crippen molar-refractivity contribution in [2.75, 3.05) is 6.61 Å². The highest BCUT2D eigenvalue weighted by Crippen LogP contribution is 2.50. The van der Waals surface area contributed by atoms with E-state index in [-0.39, 0.29) is 36.4 Å². The van der Waals surface area contributed by atoms with E-state index in [1.165, 1.54) is 0 Å². The highest BCUT2D eigenvalue weighted by atomic mass is 19.3. The average molecular weight is 376 g/mol. The summed E-state index contributed by atoms with van der Waals surface area (Å²) in [7, 11) is 0. The minimum absolute atomic E-state index is 0.00316. The molecular formula is C18H26F2O6. The van der Waals surface area contributed by atoms with Gasteiger partial charge in [0.05, 0.1) is 12.0 Å². The molecule has 0 aromatic carbocycles. The summed E-state index contributed by atoms with van der Waals surface area (Å²) in [6, 6.07) is 0. The van der Waals surface area contributed by atoms with Crippen LogP contribution in [0, 0.1) is 23.2 Å². The fourth-order valence-corrected chi connectivity index (χ4v) is 3.64. The van der Waals surface area contributed by atoms with Crippen LogP contribution < -0.4 is 0 Å². The molecular weight excluding hydrogens is 350 g/mol. The lowest BCUT2D eigenvalue weighted by Gasteiger charge is -2.30. The van der Waals surface area contributed by atoms with Crippen LogP contribution >= 0.6 is 0 Å². The SMILES string of the molecule is CCC(C)(C)C(=O)OC1CC2CC1CC2COC(=O)CC(F)(F)C(=O)O. The second kappa shape index (κ2) is 7.48. The second-order valence-corrected chi connectivity index (χ2v) is 8.04. The molecule has 2 rings (SSSR count). The fourth-order valence-electron chi connectivity index (χ4n) is 3.64. The first kappa shape index (κ1) is 20.6. The number of aliphatic carboxylic acids is 1. The van der Waals surface area contributed by atoms with Crippen molar-refractivity contribution < 1.29 is 37.7 Å². The molecule has 148 valence electrons. The Labute approximate surface area is 151 Å². The maximum Gasteiger partial charge on any atom is 0.375 e. The molecule has 2 aliphatic rings. The van der Waals surface area contributed by atoms with E-state index in [4.69, 9.17) is 14.6 Å². The molecule has 0 amide bonds. The van der Waals surface area contributed by atoms with Crippen LogP contribution in [0.2, 0.25) is 0 Å². The normalized spacial score (nSPS) is 28.0. The van der Waals surface area contributed by atoms with Crippen molar-refractivity contribution in [3.05, 3.63) is 0 Å². The number of hydrogen-bond donors (Lipinski definition) is 1. The molecule has 0 radical (unpaired) electrons. The van der Waals surface area contributed by atoms with E-state index in [2.05, 4.69) is 0 Å². The molecule has 26 heavy (non-hydrogen) atoms. The highest BCUT2D eigenvalue weighted by Gasteiger charge is 2.49. The molecule has 0 aromatic heterocycles. The molecule has 0 saturated heterocycles. The van der Waals surface area contributed by atoms with Gasteiger partial charge in [0.15, 0.2) is 0 Å². The molecule has 2 aliphatic carbocycles. The van der Waals surface area contributed by atoms with Crippen molar-refractivity contribution in [2.45, 2.75) is 64.9 Å². The largest absolute Gasteiger partial charge is 0.477 e. The Hall–Kier alpha value is -1.73. The summed E-state index contributed by atoms with van der Waals surface area (Å²) in [6.45, 7) is 5.62. The van der Waals surface area contributed by atoms with Gasteiger partial charge in [-0.3, -0.25) is 9.59 Å². The smallest absolute Gasteiger partial charge is 0.375 e. The standard InChI is InChI=1S/C18H26F2O6/c1-4-17(2,3)16(24)26-13-7-10-5-11(13)6-12(10)9-25-14(21)8-18(19,20)15(22)23/h10-13H,4-9H2,1-3H3,(H,22,23). The Morgan fingerprint density at radius 1 is 1.12 bits per heavy atom. The number of fused-ring (bicyclic) bond motifs is 2. The summed E-state index contributed by atoms with van der Waals surface area (Å²) in [5, 5.41) is 8.33. The number of hydrogen-bond acceptors (Lipinski definition) is 5. The van der Waals surface area contributed by atoms with Crippen molar-refractivity contribution in [3.63, 3.8) is 0 Å². The Bertz CT molecular complexity index is 574. The van der Waals surface area contributed by atoms with Gasteiger partial charge in [-0.05, 0) is 57.3 Å². The van der Waals surface area contributed by atoms with Gasteiger partial charge in [0.2, 0.25) is 0 Å². The topological polar surface area (TPSA) is 89.9 Å². The molecule has 0 spiro atoms. The van der Waals surface area contributed by atoms with E-state index in [0.29, 0.717) is 19.3 Å². The lowest BCUT2D eigenvalue weighted by atomic mass is 9.87. The van der Waals surface area contributed by atoms with Crippen LogP contribution in [0.25, 0.3) is 0 Å². The number of carboxylic acids is 1. The van der Waals surface area contributed by atoms with Gasteiger partial charge in [-0.1, -0.05) is 6.92 Å². The van der Waals surface area contributed by atoms with Crippen LogP contribution in [0.3, 0.4) is 0 Å². The van der Waals surface area contributed by atoms with Gasteiger partial charge in [-0.15, -0.1) is 0 Å².